The van der Waals surface area contributed by atoms with Crippen LogP contribution in [0.1, 0.15) is 11.1 Å². The van der Waals surface area contributed by atoms with Crippen LogP contribution in [0.25, 0.3) is 10.6 Å². The summed E-state index contributed by atoms with van der Waals surface area (Å²) in [6.07, 6.45) is -4.79. The van der Waals surface area contributed by atoms with E-state index in [2.05, 4.69) is 20.2 Å². The fourth-order valence-corrected chi connectivity index (χ4v) is 5.46. The predicted molar refractivity (Wildman–Crippen MR) is 136 cm³/mol. The van der Waals surface area contributed by atoms with Gasteiger partial charge in [0.2, 0.25) is 21.1 Å². The van der Waals surface area contributed by atoms with E-state index in [1.165, 1.54) is 7.11 Å². The molecule has 1 aromatic heterocycles. The second kappa shape index (κ2) is 11.3. The van der Waals surface area contributed by atoms with Gasteiger partial charge in [0, 0.05) is 5.56 Å². The molecule has 1 amide bonds. The molecule has 0 unspecified atom stereocenters. The van der Waals surface area contributed by atoms with Crippen LogP contribution in [0.3, 0.4) is 0 Å². The molecule has 4 rings (SSSR count). The van der Waals surface area contributed by atoms with Crippen molar-refractivity contribution in [1.29, 1.82) is 0 Å². The number of hydrogen-bond donors (Lipinski definition) is 2. The minimum Gasteiger partial charge on any atom is -0.497 e. The number of carbonyl (C=O) groups is 1. The molecular weight excluding hydrogens is 541 g/mol. The second-order valence-corrected chi connectivity index (χ2v) is 10.7. The van der Waals surface area contributed by atoms with Crippen molar-refractivity contribution < 1.29 is 31.1 Å². The Balaban J connectivity index is 1.58. The van der Waals surface area contributed by atoms with Crippen molar-refractivity contribution in [1.82, 2.24) is 14.9 Å². The van der Waals surface area contributed by atoms with Crippen molar-refractivity contribution in [3.8, 4) is 16.3 Å². The zero-order chi connectivity index (χ0) is 27.3. The van der Waals surface area contributed by atoms with Gasteiger partial charge in [0.25, 0.3) is 0 Å². The summed E-state index contributed by atoms with van der Waals surface area (Å²) in [5.74, 6) is -0.145. The molecule has 8 nitrogen and oxygen atoms in total. The van der Waals surface area contributed by atoms with Gasteiger partial charge < -0.3 is 4.74 Å². The maximum Gasteiger partial charge on any atom is 0.416 e. The molecule has 1 atom stereocenters. The van der Waals surface area contributed by atoms with Gasteiger partial charge in [0.05, 0.1) is 17.6 Å². The van der Waals surface area contributed by atoms with Crippen LogP contribution in [0.4, 0.5) is 18.3 Å². The average molecular weight is 563 g/mol. The van der Waals surface area contributed by atoms with E-state index in [1.54, 1.807) is 54.6 Å². The molecule has 0 saturated heterocycles. The summed E-state index contributed by atoms with van der Waals surface area (Å²) in [6.45, 7) is 0. The van der Waals surface area contributed by atoms with Crippen LogP contribution in [-0.2, 0) is 27.4 Å². The molecule has 0 fully saturated rings. The third-order valence-corrected chi connectivity index (χ3v) is 7.70. The number of hydrogen-bond acceptors (Lipinski definition) is 7. The van der Waals surface area contributed by atoms with E-state index in [-0.39, 0.29) is 11.6 Å². The van der Waals surface area contributed by atoms with E-state index < -0.39 is 38.6 Å². The first-order valence-corrected chi connectivity index (χ1v) is 13.4. The second-order valence-electron chi connectivity index (χ2n) is 8.02. The molecule has 13 heteroatoms. The quantitative estimate of drug-likeness (QED) is 0.304. The fourth-order valence-electron chi connectivity index (χ4n) is 3.47. The van der Waals surface area contributed by atoms with Gasteiger partial charge in [-0.1, -0.05) is 59.9 Å². The highest BCUT2D eigenvalue weighted by Gasteiger charge is 2.33. The van der Waals surface area contributed by atoms with Crippen molar-refractivity contribution in [2.75, 3.05) is 12.4 Å². The predicted octanol–water partition coefficient (Wildman–Crippen LogP) is 4.76. The minimum absolute atomic E-state index is 0.0631. The molecule has 1 heterocycles. The number of halogens is 3. The Morgan fingerprint density at radius 1 is 1.00 bits per heavy atom. The first-order valence-electron chi connectivity index (χ1n) is 11.1. The lowest BCUT2D eigenvalue weighted by atomic mass is 10.1. The normalized spacial score (nSPS) is 12.6. The van der Waals surface area contributed by atoms with Gasteiger partial charge in [-0.05, 0) is 42.3 Å². The molecule has 2 N–H and O–H groups in total. The fraction of sp³-hybridized carbons (Fsp3) is 0.160. The zero-order valence-corrected chi connectivity index (χ0v) is 21.4. The molecule has 4 aromatic rings. The Labute approximate surface area is 220 Å². The van der Waals surface area contributed by atoms with Gasteiger partial charge in [-0.25, -0.2) is 8.42 Å². The SMILES string of the molecule is COc1cccc(-c2nnc(NC(=O)[C@H](Cc3ccccc3)NS(=O)(=O)c3cccc(C(F)(F)F)c3)s2)c1. The van der Waals surface area contributed by atoms with E-state index >= 15 is 0 Å². The minimum atomic E-state index is -4.73. The van der Waals surface area contributed by atoms with E-state index in [9.17, 15) is 26.4 Å². The number of nitrogens with one attached hydrogen (secondary N) is 2. The maximum absolute atomic E-state index is 13.2. The maximum atomic E-state index is 13.2. The Hall–Kier alpha value is -3.81. The van der Waals surface area contributed by atoms with E-state index in [0.29, 0.717) is 28.0 Å². The molecule has 3 aromatic carbocycles. The van der Waals surface area contributed by atoms with Crippen LogP contribution < -0.4 is 14.8 Å². The van der Waals surface area contributed by atoms with Crippen LogP contribution in [0.15, 0.2) is 83.8 Å². The van der Waals surface area contributed by atoms with Crippen LogP contribution in [0, 0.1) is 0 Å². The van der Waals surface area contributed by atoms with Crippen LogP contribution in [-0.4, -0.2) is 37.7 Å². The molecular formula is C25H21F3N4O4S2. The van der Waals surface area contributed by atoms with E-state index in [0.717, 1.165) is 29.5 Å². The standard InChI is InChI=1S/C25H21F3N4O4S2/c1-36-19-11-5-9-17(14-19)23-30-31-24(37-23)29-22(33)21(13-16-7-3-2-4-8-16)32-38(34,35)20-12-6-10-18(15-20)25(26,27)28/h2-12,14-15,21,32H,13H2,1H3,(H,29,31,33)/t21-/m0/s1. The van der Waals surface area contributed by atoms with Crippen molar-refractivity contribution >= 4 is 32.4 Å². The lowest BCUT2D eigenvalue weighted by molar-refractivity contribution is -0.137. The number of amides is 1. The monoisotopic (exact) mass is 562 g/mol. The van der Waals surface area contributed by atoms with Crippen molar-refractivity contribution in [3.05, 3.63) is 90.0 Å². The van der Waals surface area contributed by atoms with Gasteiger partial charge in [0.1, 0.15) is 16.8 Å². The first kappa shape index (κ1) is 27.2. The highest BCUT2D eigenvalue weighted by Crippen LogP contribution is 2.31. The lowest BCUT2D eigenvalue weighted by Crippen LogP contribution is -2.45. The highest BCUT2D eigenvalue weighted by molar-refractivity contribution is 7.89. The number of aromatic nitrogens is 2. The average Bonchev–Trinajstić information content (AvgIpc) is 3.37. The highest BCUT2D eigenvalue weighted by atomic mass is 32.2. The molecule has 0 bridgehead atoms. The molecule has 198 valence electrons. The van der Waals surface area contributed by atoms with Crippen molar-refractivity contribution in [2.45, 2.75) is 23.5 Å². The molecule has 0 saturated carbocycles. The number of carbonyl (C=O) groups excluding carboxylic acids is 1. The molecule has 0 aliphatic carbocycles. The third-order valence-electron chi connectivity index (χ3n) is 5.34. The number of ether oxygens (including phenoxy) is 1. The van der Waals surface area contributed by atoms with Crippen LogP contribution in [0.5, 0.6) is 5.75 Å². The number of alkyl halides is 3. The van der Waals surface area contributed by atoms with Crippen LogP contribution in [0.2, 0.25) is 0 Å². The lowest BCUT2D eigenvalue weighted by Gasteiger charge is -2.18. The van der Waals surface area contributed by atoms with Crippen molar-refractivity contribution in [3.63, 3.8) is 0 Å². The number of rotatable bonds is 9. The Morgan fingerprint density at radius 3 is 2.45 bits per heavy atom. The summed E-state index contributed by atoms with van der Waals surface area (Å²) in [7, 11) is -2.98. The largest absolute Gasteiger partial charge is 0.497 e. The van der Waals surface area contributed by atoms with Gasteiger partial charge in [0.15, 0.2) is 0 Å². The summed E-state index contributed by atoms with van der Waals surface area (Å²) in [5.41, 5.74) is 0.213. The van der Waals surface area contributed by atoms with Gasteiger partial charge in [-0.3, -0.25) is 10.1 Å². The molecule has 0 aliphatic rings. The summed E-state index contributed by atoms with van der Waals surface area (Å²) >= 11 is 1.06. The zero-order valence-electron chi connectivity index (χ0n) is 19.8. The van der Waals surface area contributed by atoms with Gasteiger partial charge in [-0.15, -0.1) is 10.2 Å². The van der Waals surface area contributed by atoms with Crippen molar-refractivity contribution in [2.24, 2.45) is 0 Å². The molecule has 0 spiro atoms. The molecule has 0 aliphatic heterocycles. The number of benzene rings is 3. The number of anilines is 1. The number of sulfonamides is 1. The Kier molecular flexibility index (Phi) is 8.09. The summed E-state index contributed by atoms with van der Waals surface area (Å²) < 4.78 is 72.9. The number of methoxy groups -OCH3 is 1. The van der Waals surface area contributed by atoms with Crippen LogP contribution >= 0.6 is 11.3 Å². The molecule has 38 heavy (non-hydrogen) atoms. The summed E-state index contributed by atoms with van der Waals surface area (Å²) in [6, 6.07) is 17.6. The van der Waals surface area contributed by atoms with E-state index in [4.69, 9.17) is 4.74 Å². The smallest absolute Gasteiger partial charge is 0.416 e. The Bertz CT molecular complexity index is 1530. The Morgan fingerprint density at radius 2 is 1.74 bits per heavy atom. The summed E-state index contributed by atoms with van der Waals surface area (Å²) in [5, 5.41) is 11.2. The topological polar surface area (TPSA) is 110 Å². The third kappa shape index (κ3) is 6.73. The molecule has 0 radical (unpaired) electrons. The first-order chi connectivity index (χ1) is 18.0. The van der Waals surface area contributed by atoms with Gasteiger partial charge in [-0.2, -0.15) is 17.9 Å². The summed E-state index contributed by atoms with van der Waals surface area (Å²) in [4.78, 5) is 12.6. The van der Waals surface area contributed by atoms with E-state index in [1.807, 2.05) is 0 Å². The number of nitrogens with zero attached hydrogens (tertiary/aromatic N) is 2. The van der Waals surface area contributed by atoms with Gasteiger partial charge >= 0.3 is 6.18 Å².